The van der Waals surface area contributed by atoms with Crippen molar-refractivity contribution in [1.82, 2.24) is 4.90 Å². The number of benzene rings is 2. The van der Waals surface area contributed by atoms with Gasteiger partial charge in [-0.15, -0.1) is 0 Å². The molecule has 0 spiro atoms. The van der Waals surface area contributed by atoms with Crippen LogP contribution < -0.4 is 10.1 Å². The minimum atomic E-state index is -0.630. The van der Waals surface area contributed by atoms with Crippen LogP contribution in [0, 0.1) is 5.92 Å². The molecule has 1 amide bonds. The highest BCUT2D eigenvalue weighted by atomic mass is 16.5. The van der Waals surface area contributed by atoms with Crippen LogP contribution in [0.3, 0.4) is 0 Å². The zero-order chi connectivity index (χ0) is 20.3. The van der Waals surface area contributed by atoms with Gasteiger partial charge in [-0.2, -0.15) is 0 Å². The van der Waals surface area contributed by atoms with Gasteiger partial charge in [0.25, 0.3) is 0 Å². The van der Waals surface area contributed by atoms with Crippen molar-refractivity contribution in [2.75, 3.05) is 25.5 Å². The lowest BCUT2D eigenvalue weighted by Gasteiger charge is -2.52. The molecule has 2 aromatic carbocycles. The van der Waals surface area contributed by atoms with Gasteiger partial charge in [-0.25, -0.2) is 0 Å². The number of hydrogen-bond donors (Lipinski definition) is 2. The molecule has 154 valence electrons. The summed E-state index contributed by atoms with van der Waals surface area (Å²) in [5.74, 6) is 0.940. The number of aliphatic hydroxyl groups is 1. The summed E-state index contributed by atoms with van der Waals surface area (Å²) >= 11 is 0. The van der Waals surface area contributed by atoms with E-state index in [4.69, 9.17) is 4.74 Å². The molecule has 5 heteroatoms. The molecule has 1 saturated carbocycles. The maximum Gasteiger partial charge on any atom is 0.238 e. The van der Waals surface area contributed by atoms with Crippen molar-refractivity contribution < 1.29 is 14.6 Å². The molecule has 1 aliphatic carbocycles. The number of amides is 1. The fourth-order valence-electron chi connectivity index (χ4n) is 5.07. The number of para-hydroxylation sites is 1. The average molecular weight is 395 g/mol. The lowest BCUT2D eigenvalue weighted by atomic mass is 9.66. The molecular weight excluding hydrogens is 364 g/mol. The number of carbonyl (C=O) groups is 1. The van der Waals surface area contributed by atoms with Crippen molar-refractivity contribution in [1.29, 1.82) is 0 Å². The summed E-state index contributed by atoms with van der Waals surface area (Å²) in [6, 6.07) is 17.7. The van der Waals surface area contributed by atoms with Gasteiger partial charge in [-0.05, 0) is 49.1 Å². The first-order chi connectivity index (χ1) is 14.1. The molecule has 3 atom stereocenters. The van der Waals surface area contributed by atoms with Crippen LogP contribution in [0.4, 0.5) is 5.69 Å². The number of nitrogens with zero attached hydrogens (tertiary/aromatic N) is 1. The second-order valence-electron chi connectivity index (χ2n) is 8.31. The number of carbonyl (C=O) groups excluding carboxylic acids is 1. The van der Waals surface area contributed by atoms with Crippen LogP contribution >= 0.6 is 0 Å². The summed E-state index contributed by atoms with van der Waals surface area (Å²) in [5, 5.41) is 14.4. The van der Waals surface area contributed by atoms with Gasteiger partial charge >= 0.3 is 0 Å². The first kappa shape index (κ1) is 19.9. The molecule has 0 aromatic heterocycles. The van der Waals surface area contributed by atoms with E-state index in [1.165, 1.54) is 0 Å². The van der Waals surface area contributed by atoms with E-state index in [1.807, 2.05) is 42.5 Å². The van der Waals surface area contributed by atoms with Gasteiger partial charge in [0.2, 0.25) is 5.91 Å². The highest BCUT2D eigenvalue weighted by Gasteiger charge is 2.49. The normalized spacial score (nSPS) is 27.1. The average Bonchev–Trinajstić information content (AvgIpc) is 2.74. The van der Waals surface area contributed by atoms with E-state index in [2.05, 4.69) is 22.3 Å². The third-order valence-electron chi connectivity index (χ3n) is 6.53. The van der Waals surface area contributed by atoms with Gasteiger partial charge in [-0.3, -0.25) is 9.69 Å². The molecule has 1 heterocycles. The van der Waals surface area contributed by atoms with Crippen LogP contribution in [0.15, 0.2) is 54.6 Å². The molecule has 29 heavy (non-hydrogen) atoms. The molecule has 0 radical (unpaired) electrons. The second-order valence-corrected chi connectivity index (χ2v) is 8.31. The highest BCUT2D eigenvalue weighted by molar-refractivity contribution is 5.92. The Morgan fingerprint density at radius 1 is 1.14 bits per heavy atom. The van der Waals surface area contributed by atoms with Crippen molar-refractivity contribution in [3.05, 3.63) is 60.2 Å². The Bertz CT molecular complexity index is 824. The summed E-state index contributed by atoms with van der Waals surface area (Å²) in [5.41, 5.74) is 1.32. The van der Waals surface area contributed by atoms with Gasteiger partial charge in [0.05, 0.1) is 19.3 Å². The van der Waals surface area contributed by atoms with Crippen molar-refractivity contribution >= 4 is 11.6 Å². The number of nitrogens with one attached hydrogen (secondary N) is 1. The monoisotopic (exact) mass is 394 g/mol. The Balaban J connectivity index is 1.57. The van der Waals surface area contributed by atoms with E-state index < -0.39 is 5.60 Å². The first-order valence-corrected chi connectivity index (χ1v) is 10.5. The van der Waals surface area contributed by atoms with Crippen molar-refractivity contribution in [3.63, 3.8) is 0 Å². The fraction of sp³-hybridized carbons (Fsp3) is 0.458. The first-order valence-electron chi connectivity index (χ1n) is 10.5. The van der Waals surface area contributed by atoms with E-state index in [-0.39, 0.29) is 17.9 Å². The quantitative estimate of drug-likeness (QED) is 0.805. The third kappa shape index (κ3) is 4.31. The summed E-state index contributed by atoms with van der Waals surface area (Å²) in [4.78, 5) is 15.0. The summed E-state index contributed by atoms with van der Waals surface area (Å²) in [6.45, 7) is 1.03. The summed E-state index contributed by atoms with van der Waals surface area (Å²) in [6.07, 6.45) is 4.78. The third-order valence-corrected chi connectivity index (χ3v) is 6.53. The molecule has 2 fully saturated rings. The molecule has 1 saturated heterocycles. The Hall–Kier alpha value is -2.37. The van der Waals surface area contributed by atoms with Crippen LogP contribution in [0.25, 0.3) is 0 Å². The van der Waals surface area contributed by atoms with Crippen LogP contribution in [0.2, 0.25) is 0 Å². The van der Waals surface area contributed by atoms with Gasteiger partial charge in [0.1, 0.15) is 5.75 Å². The van der Waals surface area contributed by atoms with Crippen molar-refractivity contribution in [2.24, 2.45) is 5.92 Å². The Morgan fingerprint density at radius 3 is 2.62 bits per heavy atom. The molecule has 2 aliphatic rings. The number of methoxy groups -OCH3 is 1. The number of fused-ring (bicyclic) bond motifs is 1. The molecule has 5 nitrogen and oxygen atoms in total. The SMILES string of the molecule is COc1ccc(C2C3CCCCC3(O)CCN2CC(=O)Nc2ccccc2)cc1. The Kier molecular flexibility index (Phi) is 5.88. The van der Waals surface area contributed by atoms with Crippen LogP contribution in [0.1, 0.15) is 43.7 Å². The molecule has 2 aromatic rings. The highest BCUT2D eigenvalue weighted by Crippen LogP contribution is 2.49. The number of ether oxygens (including phenoxy) is 1. The minimum absolute atomic E-state index is 0.0176. The fourth-order valence-corrected chi connectivity index (χ4v) is 5.07. The van der Waals surface area contributed by atoms with E-state index in [0.717, 1.165) is 49.1 Å². The maximum absolute atomic E-state index is 12.8. The number of anilines is 1. The van der Waals surface area contributed by atoms with E-state index in [1.54, 1.807) is 7.11 Å². The zero-order valence-electron chi connectivity index (χ0n) is 17.0. The minimum Gasteiger partial charge on any atom is -0.497 e. The molecule has 3 unspecified atom stereocenters. The lowest BCUT2D eigenvalue weighted by Crippen LogP contribution is -2.56. The van der Waals surface area contributed by atoms with Gasteiger partial charge < -0.3 is 15.2 Å². The van der Waals surface area contributed by atoms with Crippen molar-refractivity contribution in [3.8, 4) is 5.75 Å². The topological polar surface area (TPSA) is 61.8 Å². The zero-order valence-corrected chi connectivity index (χ0v) is 17.0. The van der Waals surface area contributed by atoms with Crippen LogP contribution in [-0.2, 0) is 4.79 Å². The molecule has 0 bridgehead atoms. The molecule has 2 N–H and O–H groups in total. The number of hydrogen-bond acceptors (Lipinski definition) is 4. The smallest absolute Gasteiger partial charge is 0.238 e. The van der Waals surface area contributed by atoms with Crippen LogP contribution in [0.5, 0.6) is 5.75 Å². The summed E-state index contributed by atoms with van der Waals surface area (Å²) in [7, 11) is 1.66. The standard InChI is InChI=1S/C24H30N2O3/c1-29-20-12-10-18(11-13-20)23-21-9-5-6-14-24(21,28)15-16-26(23)17-22(27)25-19-7-3-2-4-8-19/h2-4,7-8,10-13,21,23,28H,5-6,9,14-17H2,1H3,(H,25,27). The predicted octanol–water partition coefficient (Wildman–Crippen LogP) is 4.00. The maximum atomic E-state index is 12.8. The van der Waals surface area contributed by atoms with Crippen LogP contribution in [-0.4, -0.2) is 41.7 Å². The number of likely N-dealkylation sites (tertiary alicyclic amines) is 1. The van der Waals surface area contributed by atoms with E-state index in [0.29, 0.717) is 13.1 Å². The number of piperidine rings is 1. The predicted molar refractivity (Wildman–Crippen MR) is 114 cm³/mol. The van der Waals surface area contributed by atoms with Gasteiger partial charge in [0, 0.05) is 24.2 Å². The van der Waals surface area contributed by atoms with E-state index in [9.17, 15) is 9.90 Å². The second kappa shape index (κ2) is 8.56. The van der Waals surface area contributed by atoms with Crippen molar-refractivity contribution in [2.45, 2.75) is 43.7 Å². The largest absolute Gasteiger partial charge is 0.497 e. The Morgan fingerprint density at radius 2 is 1.90 bits per heavy atom. The molecule has 1 aliphatic heterocycles. The lowest BCUT2D eigenvalue weighted by molar-refractivity contribution is -0.135. The molecular formula is C24H30N2O3. The summed E-state index contributed by atoms with van der Waals surface area (Å²) < 4.78 is 5.31. The Labute approximate surface area is 172 Å². The molecule has 4 rings (SSSR count). The number of rotatable bonds is 5. The van der Waals surface area contributed by atoms with E-state index >= 15 is 0 Å². The van der Waals surface area contributed by atoms with Gasteiger partial charge in [-0.1, -0.05) is 43.2 Å². The van der Waals surface area contributed by atoms with Gasteiger partial charge in [0.15, 0.2) is 0 Å².